The van der Waals surface area contributed by atoms with Crippen LogP contribution in [0.5, 0.6) is 0 Å². The molecule has 0 saturated carbocycles. The van der Waals surface area contributed by atoms with E-state index >= 15 is 0 Å². The van der Waals surface area contributed by atoms with Crippen LogP contribution in [0.25, 0.3) is 0 Å². The molecule has 3 heteroatoms. The summed E-state index contributed by atoms with van der Waals surface area (Å²) < 4.78 is 0. The molecule has 0 radical (unpaired) electrons. The zero-order valence-corrected chi connectivity index (χ0v) is 6.39. The second kappa shape index (κ2) is 2.09. The van der Waals surface area contributed by atoms with Crippen LogP contribution >= 0.6 is 0 Å². The fraction of sp³-hybridized carbons (Fsp3) is 0.571. The van der Waals surface area contributed by atoms with Crippen LogP contribution in [0.1, 0.15) is 13.8 Å². The number of nitrogens with zero attached hydrogens (tertiary/aromatic N) is 1. The molecule has 0 aromatic carbocycles. The van der Waals surface area contributed by atoms with Crippen molar-refractivity contribution >= 4 is 6.21 Å². The van der Waals surface area contributed by atoms with E-state index in [4.69, 9.17) is 11.5 Å². The lowest BCUT2D eigenvalue weighted by atomic mass is 9.94. The lowest BCUT2D eigenvalue weighted by Crippen LogP contribution is -2.47. The zero-order chi connectivity index (χ0) is 7.78. The Morgan fingerprint density at radius 2 is 2.30 bits per heavy atom. The molecular weight excluding hydrogens is 126 g/mol. The average Bonchev–Trinajstić information content (AvgIpc) is 1.83. The van der Waals surface area contributed by atoms with Gasteiger partial charge in [-0.05, 0) is 19.4 Å². The van der Waals surface area contributed by atoms with Crippen molar-refractivity contribution in [2.45, 2.75) is 19.4 Å². The van der Waals surface area contributed by atoms with Crippen LogP contribution in [-0.2, 0) is 0 Å². The number of rotatable bonds is 0. The third-order valence-electron chi connectivity index (χ3n) is 1.74. The van der Waals surface area contributed by atoms with E-state index in [1.165, 1.54) is 0 Å². The average molecular weight is 139 g/mol. The van der Waals surface area contributed by atoms with Gasteiger partial charge in [0.25, 0.3) is 0 Å². The minimum atomic E-state index is -0.432. The van der Waals surface area contributed by atoms with Crippen molar-refractivity contribution < 1.29 is 0 Å². The summed E-state index contributed by atoms with van der Waals surface area (Å²) in [5.74, 6) is 0. The highest BCUT2D eigenvalue weighted by Crippen LogP contribution is 2.15. The predicted octanol–water partition coefficient (Wildman–Crippen LogP) is 0.0209. The second-order valence-corrected chi connectivity index (χ2v) is 2.98. The molecule has 10 heavy (non-hydrogen) atoms. The van der Waals surface area contributed by atoms with Gasteiger partial charge in [0.1, 0.15) is 0 Å². The van der Waals surface area contributed by atoms with E-state index in [0.717, 1.165) is 11.3 Å². The lowest BCUT2D eigenvalue weighted by Gasteiger charge is -2.27. The van der Waals surface area contributed by atoms with Gasteiger partial charge in [-0.15, -0.1) is 0 Å². The molecule has 0 amide bonds. The van der Waals surface area contributed by atoms with Crippen molar-refractivity contribution in [2.75, 3.05) is 6.54 Å². The van der Waals surface area contributed by atoms with Crippen LogP contribution in [0.4, 0.5) is 0 Å². The molecule has 4 N–H and O–H groups in total. The molecule has 1 heterocycles. The molecule has 0 saturated heterocycles. The van der Waals surface area contributed by atoms with Crippen LogP contribution in [0, 0.1) is 0 Å². The van der Waals surface area contributed by atoms with Crippen LogP contribution in [-0.4, -0.2) is 18.3 Å². The minimum Gasteiger partial charge on any atom is -0.400 e. The van der Waals surface area contributed by atoms with Crippen LogP contribution < -0.4 is 11.5 Å². The van der Waals surface area contributed by atoms with E-state index in [2.05, 4.69) is 4.99 Å². The van der Waals surface area contributed by atoms with E-state index in [9.17, 15) is 0 Å². The molecule has 0 bridgehead atoms. The van der Waals surface area contributed by atoms with Crippen molar-refractivity contribution in [3.8, 4) is 0 Å². The van der Waals surface area contributed by atoms with Gasteiger partial charge in [-0.1, -0.05) is 0 Å². The number of allylic oxidation sites excluding steroid dienone is 1. The monoisotopic (exact) mass is 139 g/mol. The maximum Gasteiger partial charge on any atom is 0.0728 e. The number of nitrogens with two attached hydrogens (primary N) is 2. The maximum absolute atomic E-state index is 5.82. The van der Waals surface area contributed by atoms with Crippen molar-refractivity contribution in [1.82, 2.24) is 0 Å². The van der Waals surface area contributed by atoms with Crippen molar-refractivity contribution in [3.63, 3.8) is 0 Å². The van der Waals surface area contributed by atoms with Gasteiger partial charge in [-0.3, -0.25) is 4.99 Å². The summed E-state index contributed by atoms with van der Waals surface area (Å²) in [7, 11) is 0. The molecule has 1 aliphatic rings. The van der Waals surface area contributed by atoms with Crippen molar-refractivity contribution in [1.29, 1.82) is 0 Å². The molecule has 1 atom stereocenters. The molecule has 56 valence electrons. The van der Waals surface area contributed by atoms with Gasteiger partial charge in [0.15, 0.2) is 0 Å². The number of hydrogen-bond acceptors (Lipinski definition) is 3. The fourth-order valence-electron chi connectivity index (χ4n) is 0.977. The minimum absolute atomic E-state index is 0.432. The summed E-state index contributed by atoms with van der Waals surface area (Å²) >= 11 is 0. The van der Waals surface area contributed by atoms with Gasteiger partial charge in [-0.2, -0.15) is 0 Å². The number of dihydropyridines is 1. The summed E-state index contributed by atoms with van der Waals surface area (Å²) in [5.41, 5.74) is 12.8. The fourth-order valence-corrected chi connectivity index (χ4v) is 0.977. The highest BCUT2D eigenvalue weighted by Gasteiger charge is 2.24. The smallest absolute Gasteiger partial charge is 0.0728 e. The van der Waals surface area contributed by atoms with Gasteiger partial charge in [0.05, 0.1) is 12.1 Å². The molecule has 0 fully saturated rings. The number of aliphatic imine (C=N–C) groups is 1. The lowest BCUT2D eigenvalue weighted by molar-refractivity contribution is 0.548. The predicted molar refractivity (Wildman–Crippen MR) is 42.8 cm³/mol. The van der Waals surface area contributed by atoms with Crippen LogP contribution in [0.2, 0.25) is 0 Å². The summed E-state index contributed by atoms with van der Waals surface area (Å²) in [4.78, 5) is 4.07. The number of hydrogen-bond donors (Lipinski definition) is 2. The summed E-state index contributed by atoms with van der Waals surface area (Å²) in [6.45, 7) is 4.40. The molecule has 0 spiro atoms. The highest BCUT2D eigenvalue weighted by molar-refractivity contribution is 5.80. The molecule has 0 aromatic rings. The van der Waals surface area contributed by atoms with E-state index < -0.39 is 5.54 Å². The van der Waals surface area contributed by atoms with E-state index in [0.29, 0.717) is 6.54 Å². The molecule has 1 rings (SSSR count). The Morgan fingerprint density at radius 1 is 1.70 bits per heavy atom. The topological polar surface area (TPSA) is 64.4 Å². The van der Waals surface area contributed by atoms with E-state index in [1.54, 1.807) is 6.21 Å². The van der Waals surface area contributed by atoms with E-state index in [-0.39, 0.29) is 0 Å². The molecule has 0 aliphatic carbocycles. The van der Waals surface area contributed by atoms with Crippen LogP contribution in [0.15, 0.2) is 16.3 Å². The summed E-state index contributed by atoms with van der Waals surface area (Å²) in [6, 6.07) is 0. The highest BCUT2D eigenvalue weighted by atomic mass is 14.9. The SMILES string of the molecule is CC1=C(N)C(C)(N)CN=C1. The standard InChI is InChI=1S/C7H13N3/c1-5-3-10-4-7(2,9)6(5)8/h3H,4,8-9H2,1-2H3. The van der Waals surface area contributed by atoms with Gasteiger partial charge in [0, 0.05) is 11.9 Å². The van der Waals surface area contributed by atoms with Crippen molar-refractivity contribution in [3.05, 3.63) is 11.3 Å². The molecule has 1 aliphatic heterocycles. The second-order valence-electron chi connectivity index (χ2n) is 2.98. The molecule has 3 nitrogen and oxygen atoms in total. The largest absolute Gasteiger partial charge is 0.400 e. The molecule has 1 unspecified atom stereocenters. The van der Waals surface area contributed by atoms with Gasteiger partial charge in [0.2, 0.25) is 0 Å². The Hall–Kier alpha value is -0.830. The summed E-state index contributed by atoms with van der Waals surface area (Å²) in [5, 5.41) is 0. The van der Waals surface area contributed by atoms with Gasteiger partial charge in [-0.25, -0.2) is 0 Å². The Kier molecular flexibility index (Phi) is 1.52. The first-order chi connectivity index (χ1) is 4.54. The normalized spacial score (nSPS) is 33.1. The third kappa shape index (κ3) is 1.04. The Bertz CT molecular complexity index is 201. The van der Waals surface area contributed by atoms with Crippen molar-refractivity contribution in [2.24, 2.45) is 16.5 Å². The zero-order valence-electron chi connectivity index (χ0n) is 6.39. The Labute approximate surface area is 60.8 Å². The van der Waals surface area contributed by atoms with Gasteiger partial charge < -0.3 is 11.5 Å². The quantitative estimate of drug-likeness (QED) is 0.497. The Morgan fingerprint density at radius 3 is 2.70 bits per heavy atom. The van der Waals surface area contributed by atoms with E-state index in [1.807, 2.05) is 13.8 Å². The molecule has 0 aromatic heterocycles. The first-order valence-electron chi connectivity index (χ1n) is 3.29. The Balaban J connectivity index is 2.99. The summed E-state index contributed by atoms with van der Waals surface area (Å²) in [6.07, 6.45) is 1.77. The molecular formula is C7H13N3. The maximum atomic E-state index is 5.82. The third-order valence-corrected chi connectivity index (χ3v) is 1.74. The first-order valence-corrected chi connectivity index (χ1v) is 3.29. The van der Waals surface area contributed by atoms with Crippen LogP contribution in [0.3, 0.4) is 0 Å². The first kappa shape index (κ1) is 7.28. The van der Waals surface area contributed by atoms with Gasteiger partial charge >= 0.3 is 0 Å².